The zero-order valence-electron chi connectivity index (χ0n) is 15.9. The van der Waals surface area contributed by atoms with Crippen molar-refractivity contribution < 1.29 is 14.7 Å². The zero-order chi connectivity index (χ0) is 19.6. The van der Waals surface area contributed by atoms with Crippen molar-refractivity contribution >= 4 is 17.4 Å². The van der Waals surface area contributed by atoms with Crippen molar-refractivity contribution in [2.75, 3.05) is 20.2 Å². The van der Waals surface area contributed by atoms with E-state index in [-0.39, 0.29) is 31.5 Å². The molecule has 0 atom stereocenters. The SMILES string of the molecule is Cc1ccc(CN2C(=O)C(c3ccc(C)cc3)=C(N(C)CCO)C2=O)cc1. The molecular weight excluding hydrogens is 340 g/mol. The van der Waals surface area contributed by atoms with Gasteiger partial charge in [-0.15, -0.1) is 0 Å². The Morgan fingerprint density at radius 3 is 2.00 bits per heavy atom. The number of carbonyl (C=O) groups is 2. The summed E-state index contributed by atoms with van der Waals surface area (Å²) in [6.07, 6.45) is 0. The lowest BCUT2D eigenvalue weighted by atomic mass is 10.0. The summed E-state index contributed by atoms with van der Waals surface area (Å²) in [6, 6.07) is 15.4. The molecule has 5 nitrogen and oxygen atoms in total. The highest BCUT2D eigenvalue weighted by atomic mass is 16.3. The van der Waals surface area contributed by atoms with E-state index in [0.717, 1.165) is 16.7 Å². The van der Waals surface area contributed by atoms with Crippen LogP contribution in [0.25, 0.3) is 5.57 Å². The number of likely N-dealkylation sites (N-methyl/N-ethyl adjacent to an activating group) is 1. The number of aliphatic hydroxyl groups is 1. The van der Waals surface area contributed by atoms with Crippen LogP contribution in [0.15, 0.2) is 54.2 Å². The van der Waals surface area contributed by atoms with Gasteiger partial charge in [0.05, 0.1) is 18.7 Å². The quantitative estimate of drug-likeness (QED) is 0.800. The molecule has 0 saturated carbocycles. The largest absolute Gasteiger partial charge is 0.395 e. The van der Waals surface area contributed by atoms with E-state index in [4.69, 9.17) is 0 Å². The number of nitrogens with zero attached hydrogens (tertiary/aromatic N) is 2. The lowest BCUT2D eigenvalue weighted by Crippen LogP contribution is -2.34. The van der Waals surface area contributed by atoms with E-state index in [1.165, 1.54) is 4.90 Å². The first kappa shape index (κ1) is 18.9. The second-order valence-corrected chi connectivity index (χ2v) is 6.92. The molecule has 0 saturated heterocycles. The van der Waals surface area contributed by atoms with Gasteiger partial charge in [0.25, 0.3) is 11.8 Å². The number of carbonyl (C=O) groups excluding carboxylic acids is 2. The Labute approximate surface area is 159 Å². The third kappa shape index (κ3) is 3.78. The average Bonchev–Trinajstić information content (AvgIpc) is 2.89. The fraction of sp³-hybridized carbons (Fsp3) is 0.273. The molecule has 0 aliphatic carbocycles. The zero-order valence-corrected chi connectivity index (χ0v) is 15.9. The van der Waals surface area contributed by atoms with Crippen LogP contribution in [0.4, 0.5) is 0 Å². The van der Waals surface area contributed by atoms with Gasteiger partial charge in [0.1, 0.15) is 5.70 Å². The highest BCUT2D eigenvalue weighted by molar-refractivity contribution is 6.35. The van der Waals surface area contributed by atoms with Crippen LogP contribution in [0.3, 0.4) is 0 Å². The molecule has 140 valence electrons. The molecule has 0 bridgehead atoms. The third-order valence-electron chi connectivity index (χ3n) is 4.76. The van der Waals surface area contributed by atoms with Crippen molar-refractivity contribution in [1.29, 1.82) is 0 Å². The summed E-state index contributed by atoms with van der Waals surface area (Å²) in [5, 5.41) is 9.30. The normalized spacial score (nSPS) is 14.3. The van der Waals surface area contributed by atoms with E-state index in [1.807, 2.05) is 62.4 Å². The minimum absolute atomic E-state index is 0.0966. The number of aliphatic hydroxyl groups excluding tert-OH is 1. The Morgan fingerprint density at radius 2 is 1.44 bits per heavy atom. The number of amides is 2. The molecule has 0 aromatic heterocycles. The summed E-state index contributed by atoms with van der Waals surface area (Å²) in [4.78, 5) is 29.2. The molecule has 0 spiro atoms. The van der Waals surface area contributed by atoms with E-state index >= 15 is 0 Å². The fourth-order valence-corrected chi connectivity index (χ4v) is 3.18. The second kappa shape index (κ2) is 7.76. The molecule has 2 aromatic rings. The molecule has 5 heteroatoms. The number of imide groups is 1. The Bertz CT molecular complexity index is 883. The average molecular weight is 364 g/mol. The monoisotopic (exact) mass is 364 g/mol. The summed E-state index contributed by atoms with van der Waals surface area (Å²) < 4.78 is 0. The van der Waals surface area contributed by atoms with E-state index in [1.54, 1.807) is 11.9 Å². The van der Waals surface area contributed by atoms with Crippen LogP contribution in [0.5, 0.6) is 0 Å². The molecular formula is C22H24N2O3. The van der Waals surface area contributed by atoms with Gasteiger partial charge in [-0.2, -0.15) is 0 Å². The van der Waals surface area contributed by atoms with Crippen LogP contribution in [0, 0.1) is 13.8 Å². The smallest absolute Gasteiger partial charge is 0.278 e. The Balaban J connectivity index is 1.99. The highest BCUT2D eigenvalue weighted by Crippen LogP contribution is 2.32. The van der Waals surface area contributed by atoms with Gasteiger partial charge in [0, 0.05) is 13.6 Å². The van der Waals surface area contributed by atoms with E-state index in [9.17, 15) is 14.7 Å². The predicted molar refractivity (Wildman–Crippen MR) is 105 cm³/mol. The first-order valence-corrected chi connectivity index (χ1v) is 8.97. The highest BCUT2D eigenvalue weighted by Gasteiger charge is 2.40. The Hall–Kier alpha value is -2.92. The molecule has 2 aromatic carbocycles. The van der Waals surface area contributed by atoms with Gasteiger partial charge >= 0.3 is 0 Å². The van der Waals surface area contributed by atoms with Crippen LogP contribution in [-0.4, -0.2) is 46.9 Å². The second-order valence-electron chi connectivity index (χ2n) is 6.92. The number of benzene rings is 2. The van der Waals surface area contributed by atoms with Gasteiger partial charge in [0.15, 0.2) is 0 Å². The van der Waals surface area contributed by atoms with Gasteiger partial charge < -0.3 is 10.0 Å². The van der Waals surface area contributed by atoms with Crippen molar-refractivity contribution in [2.45, 2.75) is 20.4 Å². The van der Waals surface area contributed by atoms with Gasteiger partial charge in [-0.3, -0.25) is 14.5 Å². The molecule has 2 amide bonds. The van der Waals surface area contributed by atoms with Crippen LogP contribution >= 0.6 is 0 Å². The molecule has 1 aliphatic heterocycles. The molecule has 1 N–H and O–H groups in total. The third-order valence-corrected chi connectivity index (χ3v) is 4.76. The maximum absolute atomic E-state index is 13.1. The van der Waals surface area contributed by atoms with Crippen LogP contribution in [0.1, 0.15) is 22.3 Å². The Kier molecular flexibility index (Phi) is 5.42. The molecule has 1 heterocycles. The topological polar surface area (TPSA) is 60.9 Å². The minimum Gasteiger partial charge on any atom is -0.395 e. The molecule has 1 aliphatic rings. The van der Waals surface area contributed by atoms with E-state index in [2.05, 4.69) is 0 Å². The van der Waals surface area contributed by atoms with Crippen LogP contribution in [-0.2, 0) is 16.1 Å². The number of rotatable bonds is 6. The van der Waals surface area contributed by atoms with Crippen molar-refractivity contribution in [1.82, 2.24) is 9.80 Å². The first-order chi connectivity index (χ1) is 12.9. The predicted octanol–water partition coefficient (Wildman–Crippen LogP) is 2.51. The van der Waals surface area contributed by atoms with Crippen LogP contribution < -0.4 is 0 Å². The summed E-state index contributed by atoms with van der Waals surface area (Å²) in [5.74, 6) is -0.628. The standard InChI is InChI=1S/C22H24N2O3/c1-15-4-8-17(9-5-15)14-24-21(26)19(18-10-6-16(2)7-11-18)20(22(24)27)23(3)12-13-25/h4-11,25H,12-14H2,1-3H3. The summed E-state index contributed by atoms with van der Waals surface area (Å²) in [7, 11) is 1.72. The fourth-order valence-electron chi connectivity index (χ4n) is 3.18. The molecule has 0 unspecified atom stereocenters. The minimum atomic E-state index is -0.327. The lowest BCUT2D eigenvalue weighted by Gasteiger charge is -2.20. The van der Waals surface area contributed by atoms with E-state index in [0.29, 0.717) is 16.8 Å². The first-order valence-electron chi connectivity index (χ1n) is 8.97. The summed E-state index contributed by atoms with van der Waals surface area (Å²) >= 11 is 0. The molecule has 3 rings (SSSR count). The van der Waals surface area contributed by atoms with Gasteiger partial charge in [-0.05, 0) is 25.0 Å². The summed E-state index contributed by atoms with van der Waals surface area (Å²) in [6.45, 7) is 4.38. The van der Waals surface area contributed by atoms with Crippen LogP contribution in [0.2, 0.25) is 0 Å². The molecule has 0 fully saturated rings. The molecule has 0 radical (unpaired) electrons. The van der Waals surface area contributed by atoms with Crippen molar-refractivity contribution in [3.05, 3.63) is 76.5 Å². The number of hydrogen-bond donors (Lipinski definition) is 1. The van der Waals surface area contributed by atoms with Gasteiger partial charge in [0.2, 0.25) is 0 Å². The maximum Gasteiger partial charge on any atom is 0.278 e. The molecule has 27 heavy (non-hydrogen) atoms. The van der Waals surface area contributed by atoms with Gasteiger partial charge in [-0.1, -0.05) is 59.7 Å². The van der Waals surface area contributed by atoms with Gasteiger partial charge in [-0.25, -0.2) is 0 Å². The number of aryl methyl sites for hydroxylation is 2. The number of hydrogen-bond acceptors (Lipinski definition) is 4. The maximum atomic E-state index is 13.1. The lowest BCUT2D eigenvalue weighted by molar-refractivity contribution is -0.138. The summed E-state index contributed by atoms with van der Waals surface area (Å²) in [5.41, 5.74) is 4.55. The van der Waals surface area contributed by atoms with E-state index < -0.39 is 0 Å². The van der Waals surface area contributed by atoms with Crippen molar-refractivity contribution in [2.24, 2.45) is 0 Å². The van der Waals surface area contributed by atoms with Crippen molar-refractivity contribution in [3.63, 3.8) is 0 Å². The van der Waals surface area contributed by atoms with Crippen molar-refractivity contribution in [3.8, 4) is 0 Å². The Morgan fingerprint density at radius 1 is 0.889 bits per heavy atom.